The van der Waals surface area contributed by atoms with Crippen LogP contribution in [-0.4, -0.2) is 26.4 Å². The molecule has 0 atom stereocenters. The fraction of sp³-hybridized carbons (Fsp3) is 0.0588. The first-order chi connectivity index (χ1) is 12.9. The lowest BCUT2D eigenvalue weighted by atomic mass is 10.1. The fourth-order valence-electron chi connectivity index (χ4n) is 2.19. The van der Waals surface area contributed by atoms with E-state index in [9.17, 15) is 22.4 Å². The van der Waals surface area contributed by atoms with Gasteiger partial charge in [-0.15, -0.1) is 0 Å². The van der Waals surface area contributed by atoms with Crippen LogP contribution < -0.4 is 5.43 Å². The maximum Gasteiger partial charge on any atom is 0.274 e. The van der Waals surface area contributed by atoms with Crippen molar-refractivity contribution in [2.75, 3.05) is 0 Å². The first-order valence-corrected chi connectivity index (χ1v) is 7.54. The molecule has 0 aliphatic heterocycles. The van der Waals surface area contributed by atoms with E-state index in [1.54, 1.807) is 0 Å². The fourth-order valence-corrected chi connectivity index (χ4v) is 2.19. The molecule has 1 heterocycles. The average Bonchev–Trinajstić information content (AvgIpc) is 3.14. The molecular formula is C17H11F4N5O. The molecule has 0 spiro atoms. The SMILES string of the molecule is O=C(N/N=C(/Cn1cncn1)c1ccc(F)c(F)c1)c1ccc(F)cc1F. The van der Waals surface area contributed by atoms with E-state index in [0.717, 1.165) is 24.3 Å². The van der Waals surface area contributed by atoms with Crippen LogP contribution >= 0.6 is 0 Å². The highest BCUT2D eigenvalue weighted by Crippen LogP contribution is 2.12. The molecule has 1 aromatic heterocycles. The molecule has 2 aromatic carbocycles. The van der Waals surface area contributed by atoms with Gasteiger partial charge in [0.05, 0.1) is 17.8 Å². The Kier molecular flexibility index (Phi) is 5.25. The average molecular weight is 377 g/mol. The van der Waals surface area contributed by atoms with E-state index in [4.69, 9.17) is 0 Å². The maximum absolute atomic E-state index is 13.7. The Morgan fingerprint density at radius 1 is 1.04 bits per heavy atom. The largest absolute Gasteiger partial charge is 0.274 e. The topological polar surface area (TPSA) is 72.2 Å². The summed E-state index contributed by atoms with van der Waals surface area (Å²) >= 11 is 0. The molecule has 0 fully saturated rings. The van der Waals surface area contributed by atoms with Gasteiger partial charge in [0.25, 0.3) is 5.91 Å². The van der Waals surface area contributed by atoms with Crippen LogP contribution in [0, 0.1) is 23.3 Å². The predicted molar refractivity (Wildman–Crippen MR) is 86.7 cm³/mol. The van der Waals surface area contributed by atoms with Gasteiger partial charge in [0.2, 0.25) is 0 Å². The van der Waals surface area contributed by atoms with Crippen LogP contribution in [0.1, 0.15) is 15.9 Å². The van der Waals surface area contributed by atoms with Crippen LogP contribution in [0.15, 0.2) is 54.2 Å². The number of hydrazone groups is 1. The lowest BCUT2D eigenvalue weighted by molar-refractivity contribution is 0.0950. The quantitative estimate of drug-likeness (QED) is 0.422. The van der Waals surface area contributed by atoms with Crippen molar-refractivity contribution in [1.29, 1.82) is 0 Å². The molecule has 138 valence electrons. The number of nitrogens with one attached hydrogen (secondary N) is 1. The van der Waals surface area contributed by atoms with Crippen molar-refractivity contribution in [3.63, 3.8) is 0 Å². The van der Waals surface area contributed by atoms with Gasteiger partial charge in [0, 0.05) is 11.6 Å². The standard InChI is InChI=1S/C17H11F4N5O/c18-11-2-3-12(14(20)6-11)17(27)25-24-16(7-26-9-22-8-23-26)10-1-4-13(19)15(21)5-10/h1-6,8-9H,7H2,(H,25,27)/b24-16-. The molecule has 0 aliphatic carbocycles. The van der Waals surface area contributed by atoms with Gasteiger partial charge in [-0.05, 0) is 30.3 Å². The Labute approximate surface area is 150 Å². The number of carbonyl (C=O) groups is 1. The molecule has 3 rings (SSSR count). The molecule has 27 heavy (non-hydrogen) atoms. The van der Waals surface area contributed by atoms with Gasteiger partial charge >= 0.3 is 0 Å². The number of hydrogen-bond acceptors (Lipinski definition) is 4. The zero-order chi connectivity index (χ0) is 19.4. The second kappa shape index (κ2) is 7.77. The molecule has 0 aliphatic rings. The Bertz CT molecular complexity index is 1000. The van der Waals surface area contributed by atoms with Crippen LogP contribution in [0.25, 0.3) is 0 Å². The van der Waals surface area contributed by atoms with E-state index in [-0.39, 0.29) is 17.8 Å². The minimum Gasteiger partial charge on any atom is -0.267 e. The zero-order valence-electron chi connectivity index (χ0n) is 13.5. The molecule has 0 saturated carbocycles. The number of carbonyl (C=O) groups excluding carboxylic acids is 1. The number of halogens is 4. The molecule has 1 N–H and O–H groups in total. The van der Waals surface area contributed by atoms with Crippen molar-refractivity contribution >= 4 is 11.6 Å². The minimum absolute atomic E-state index is 0.0305. The van der Waals surface area contributed by atoms with Crippen molar-refractivity contribution in [2.45, 2.75) is 6.54 Å². The smallest absolute Gasteiger partial charge is 0.267 e. The van der Waals surface area contributed by atoms with Gasteiger partial charge in [-0.3, -0.25) is 4.79 Å². The summed E-state index contributed by atoms with van der Waals surface area (Å²) in [5, 5.41) is 7.73. The van der Waals surface area contributed by atoms with Gasteiger partial charge in [0.15, 0.2) is 11.6 Å². The molecular weight excluding hydrogens is 366 g/mol. The highest BCUT2D eigenvalue weighted by Gasteiger charge is 2.14. The lowest BCUT2D eigenvalue weighted by Gasteiger charge is -2.09. The molecule has 0 saturated heterocycles. The van der Waals surface area contributed by atoms with Crippen LogP contribution in [0.5, 0.6) is 0 Å². The summed E-state index contributed by atoms with van der Waals surface area (Å²) in [4.78, 5) is 15.8. The summed E-state index contributed by atoms with van der Waals surface area (Å²) in [5.41, 5.74) is 1.97. The number of amides is 1. The van der Waals surface area contributed by atoms with Crippen molar-refractivity contribution in [2.24, 2.45) is 5.10 Å². The normalized spacial score (nSPS) is 11.5. The van der Waals surface area contributed by atoms with Crippen molar-refractivity contribution < 1.29 is 22.4 Å². The van der Waals surface area contributed by atoms with Crippen LogP contribution in [0.4, 0.5) is 17.6 Å². The molecule has 6 nitrogen and oxygen atoms in total. The van der Waals surface area contributed by atoms with Gasteiger partial charge in [0.1, 0.15) is 24.3 Å². The minimum atomic E-state index is -1.10. The summed E-state index contributed by atoms with van der Waals surface area (Å²) in [6, 6.07) is 5.51. The third-order valence-corrected chi connectivity index (χ3v) is 3.50. The summed E-state index contributed by atoms with van der Waals surface area (Å²) in [6.07, 6.45) is 2.62. The number of rotatable bonds is 5. The van der Waals surface area contributed by atoms with Gasteiger partial charge in [-0.25, -0.2) is 32.7 Å². The van der Waals surface area contributed by atoms with E-state index >= 15 is 0 Å². The Balaban J connectivity index is 1.89. The van der Waals surface area contributed by atoms with E-state index in [1.165, 1.54) is 23.4 Å². The zero-order valence-corrected chi connectivity index (χ0v) is 13.5. The van der Waals surface area contributed by atoms with Crippen molar-refractivity contribution in [1.82, 2.24) is 20.2 Å². The predicted octanol–water partition coefficient (Wildman–Crippen LogP) is 2.67. The molecule has 10 heteroatoms. The maximum atomic E-state index is 13.7. The van der Waals surface area contributed by atoms with Crippen molar-refractivity contribution in [3.8, 4) is 0 Å². The van der Waals surface area contributed by atoms with E-state index < -0.39 is 34.7 Å². The van der Waals surface area contributed by atoms with Gasteiger partial charge < -0.3 is 0 Å². The Morgan fingerprint density at radius 2 is 1.85 bits per heavy atom. The summed E-state index contributed by atoms with van der Waals surface area (Å²) in [5.74, 6) is -4.98. The molecule has 0 bridgehead atoms. The van der Waals surface area contributed by atoms with Crippen molar-refractivity contribution in [3.05, 3.63) is 83.4 Å². The van der Waals surface area contributed by atoms with Crippen LogP contribution in [-0.2, 0) is 6.54 Å². The third kappa shape index (κ3) is 4.35. The van der Waals surface area contributed by atoms with E-state index in [0.29, 0.717) is 6.07 Å². The monoisotopic (exact) mass is 377 g/mol. The molecule has 1 amide bonds. The summed E-state index contributed by atoms with van der Waals surface area (Å²) < 4.78 is 54.7. The number of aromatic nitrogens is 3. The van der Waals surface area contributed by atoms with E-state index in [2.05, 4.69) is 20.6 Å². The highest BCUT2D eigenvalue weighted by atomic mass is 19.2. The first-order valence-electron chi connectivity index (χ1n) is 7.54. The lowest BCUT2D eigenvalue weighted by Crippen LogP contribution is -2.23. The summed E-state index contributed by atoms with van der Waals surface area (Å²) in [7, 11) is 0. The molecule has 0 unspecified atom stereocenters. The second-order valence-corrected chi connectivity index (χ2v) is 5.35. The van der Waals surface area contributed by atoms with Crippen LogP contribution in [0.2, 0.25) is 0 Å². The number of nitrogens with zero attached hydrogens (tertiary/aromatic N) is 4. The molecule has 0 radical (unpaired) electrons. The second-order valence-electron chi connectivity index (χ2n) is 5.35. The third-order valence-electron chi connectivity index (χ3n) is 3.50. The highest BCUT2D eigenvalue weighted by molar-refractivity contribution is 6.02. The first kappa shape index (κ1) is 18.2. The van der Waals surface area contributed by atoms with E-state index in [1.807, 2.05) is 0 Å². The number of hydrogen-bond donors (Lipinski definition) is 1. The van der Waals surface area contributed by atoms with Gasteiger partial charge in [-0.2, -0.15) is 10.2 Å². The van der Waals surface area contributed by atoms with Gasteiger partial charge in [-0.1, -0.05) is 0 Å². The summed E-state index contributed by atoms with van der Waals surface area (Å²) in [6.45, 7) is -0.0305. The molecule has 3 aromatic rings. The number of benzene rings is 2. The Morgan fingerprint density at radius 3 is 2.52 bits per heavy atom. The van der Waals surface area contributed by atoms with Crippen LogP contribution in [0.3, 0.4) is 0 Å². The Hall–Kier alpha value is -3.56.